The summed E-state index contributed by atoms with van der Waals surface area (Å²) in [6.07, 6.45) is 1.83. The van der Waals surface area contributed by atoms with Crippen LogP contribution < -0.4 is 4.90 Å². The lowest BCUT2D eigenvalue weighted by molar-refractivity contribution is -0.143. The predicted octanol–water partition coefficient (Wildman–Crippen LogP) is 3.63. The first-order chi connectivity index (χ1) is 13.9. The van der Waals surface area contributed by atoms with Crippen molar-refractivity contribution in [3.05, 3.63) is 65.4 Å². The highest BCUT2D eigenvalue weighted by molar-refractivity contribution is 5.94. The topological polar surface area (TPSA) is 76.6 Å². The number of nitrogens with zero attached hydrogens (tertiary/aromatic N) is 2. The summed E-state index contributed by atoms with van der Waals surface area (Å²) >= 11 is 0. The second-order valence-corrected chi connectivity index (χ2v) is 7.66. The fourth-order valence-electron chi connectivity index (χ4n) is 4.11. The molecular weight excluding hydrogens is 366 g/mol. The molecule has 1 aromatic heterocycles. The molecule has 0 bridgehead atoms. The normalized spacial score (nSPS) is 16.1. The number of aliphatic carboxylic acids is 1. The molecule has 3 aromatic rings. The van der Waals surface area contributed by atoms with Crippen LogP contribution in [0.3, 0.4) is 0 Å². The van der Waals surface area contributed by atoms with Gasteiger partial charge >= 0.3 is 5.97 Å². The summed E-state index contributed by atoms with van der Waals surface area (Å²) < 4.78 is 0. The second kappa shape index (κ2) is 7.72. The number of H-pyrrole nitrogens is 1. The molecular formula is C23H25N3O3. The number of benzene rings is 2. The SMILES string of the molecule is CC(=O)c1ccc(N2CCN([C@H](C(=O)O)c3c[nH]c4ccc(C)cc34)CC2)cc1. The number of carboxylic acids is 1. The Bertz CT molecular complexity index is 1050. The van der Waals surface area contributed by atoms with Gasteiger partial charge in [0.2, 0.25) is 0 Å². The number of anilines is 1. The second-order valence-electron chi connectivity index (χ2n) is 7.66. The van der Waals surface area contributed by atoms with Gasteiger partial charge in [0.1, 0.15) is 6.04 Å². The molecule has 0 radical (unpaired) electrons. The number of fused-ring (bicyclic) bond motifs is 1. The Morgan fingerprint density at radius 3 is 2.34 bits per heavy atom. The number of carbonyl (C=O) groups is 2. The van der Waals surface area contributed by atoms with Crippen LogP contribution in [0.15, 0.2) is 48.7 Å². The first-order valence-electron chi connectivity index (χ1n) is 9.84. The van der Waals surface area contributed by atoms with Gasteiger partial charge in [0, 0.05) is 60.1 Å². The van der Waals surface area contributed by atoms with Crippen molar-refractivity contribution in [3.8, 4) is 0 Å². The van der Waals surface area contributed by atoms with E-state index >= 15 is 0 Å². The number of Topliss-reactive ketones (excluding diaryl/α,β-unsaturated/α-hetero) is 1. The summed E-state index contributed by atoms with van der Waals surface area (Å²) in [6, 6.07) is 13.0. The van der Waals surface area contributed by atoms with Crippen molar-refractivity contribution in [1.29, 1.82) is 0 Å². The molecule has 2 N–H and O–H groups in total. The number of rotatable bonds is 5. The highest BCUT2D eigenvalue weighted by Gasteiger charge is 2.32. The van der Waals surface area contributed by atoms with Gasteiger partial charge in [0.15, 0.2) is 5.78 Å². The molecule has 29 heavy (non-hydrogen) atoms. The molecule has 0 saturated carbocycles. The van der Waals surface area contributed by atoms with Crippen LogP contribution in [0.2, 0.25) is 0 Å². The van der Waals surface area contributed by atoms with E-state index < -0.39 is 12.0 Å². The van der Waals surface area contributed by atoms with Crippen molar-refractivity contribution in [1.82, 2.24) is 9.88 Å². The number of hydrogen-bond acceptors (Lipinski definition) is 4. The Labute approximate surface area is 169 Å². The Hall–Kier alpha value is -3.12. The van der Waals surface area contributed by atoms with Gasteiger partial charge in [-0.25, -0.2) is 0 Å². The third-order valence-corrected chi connectivity index (χ3v) is 5.72. The number of aryl methyl sites for hydroxylation is 1. The maximum Gasteiger partial charge on any atom is 0.325 e. The molecule has 1 atom stereocenters. The van der Waals surface area contributed by atoms with Crippen LogP contribution in [0.5, 0.6) is 0 Å². The minimum Gasteiger partial charge on any atom is -0.480 e. The lowest BCUT2D eigenvalue weighted by Crippen LogP contribution is -2.49. The van der Waals surface area contributed by atoms with Crippen molar-refractivity contribution in [2.24, 2.45) is 0 Å². The zero-order valence-corrected chi connectivity index (χ0v) is 16.7. The van der Waals surface area contributed by atoms with Crippen LogP contribution in [-0.2, 0) is 4.79 Å². The van der Waals surface area contributed by atoms with E-state index in [2.05, 4.69) is 9.88 Å². The highest BCUT2D eigenvalue weighted by atomic mass is 16.4. The summed E-state index contributed by atoms with van der Waals surface area (Å²) in [6.45, 7) is 6.37. The summed E-state index contributed by atoms with van der Waals surface area (Å²) in [5.74, 6) is -0.772. The largest absolute Gasteiger partial charge is 0.480 e. The van der Waals surface area contributed by atoms with Crippen LogP contribution in [0.25, 0.3) is 10.9 Å². The Morgan fingerprint density at radius 1 is 1.03 bits per heavy atom. The average Bonchev–Trinajstić information content (AvgIpc) is 3.11. The fourth-order valence-corrected chi connectivity index (χ4v) is 4.11. The maximum absolute atomic E-state index is 12.2. The molecule has 0 spiro atoms. The molecule has 150 valence electrons. The zero-order valence-electron chi connectivity index (χ0n) is 16.7. The number of nitrogens with one attached hydrogen (secondary N) is 1. The molecule has 6 heteroatoms. The van der Waals surface area contributed by atoms with Crippen LogP contribution in [0, 0.1) is 6.92 Å². The van der Waals surface area contributed by atoms with Gasteiger partial charge in [0.05, 0.1) is 0 Å². The van der Waals surface area contributed by atoms with Crippen molar-refractivity contribution in [2.75, 3.05) is 31.1 Å². The number of piperazine rings is 1. The summed E-state index contributed by atoms with van der Waals surface area (Å²) in [5.41, 5.74) is 4.65. The van der Waals surface area contributed by atoms with Gasteiger partial charge in [-0.2, -0.15) is 0 Å². The zero-order chi connectivity index (χ0) is 20.5. The summed E-state index contributed by atoms with van der Waals surface area (Å²) in [5, 5.41) is 11.0. The number of ketones is 1. The molecule has 0 unspecified atom stereocenters. The van der Waals surface area contributed by atoms with Crippen molar-refractivity contribution >= 4 is 28.3 Å². The van der Waals surface area contributed by atoms with Gasteiger partial charge in [-0.3, -0.25) is 14.5 Å². The van der Waals surface area contributed by atoms with Gasteiger partial charge in [-0.15, -0.1) is 0 Å². The van der Waals surface area contributed by atoms with Gasteiger partial charge < -0.3 is 15.0 Å². The van der Waals surface area contributed by atoms with E-state index in [0.717, 1.165) is 40.8 Å². The number of hydrogen-bond donors (Lipinski definition) is 2. The Kier molecular flexibility index (Phi) is 5.11. The fraction of sp³-hybridized carbons (Fsp3) is 0.304. The predicted molar refractivity (Wildman–Crippen MR) is 114 cm³/mol. The average molecular weight is 391 g/mol. The molecule has 1 saturated heterocycles. The van der Waals surface area contributed by atoms with Crippen LogP contribution >= 0.6 is 0 Å². The van der Waals surface area contributed by atoms with E-state index in [1.165, 1.54) is 0 Å². The molecule has 0 aliphatic carbocycles. The molecule has 6 nitrogen and oxygen atoms in total. The van der Waals surface area contributed by atoms with E-state index in [9.17, 15) is 14.7 Å². The van der Waals surface area contributed by atoms with E-state index in [0.29, 0.717) is 18.7 Å². The standard InChI is InChI=1S/C23H25N3O3/c1-15-3-8-21-19(13-15)20(14-24-21)22(23(28)29)26-11-9-25(10-12-26)18-6-4-17(5-7-18)16(2)27/h3-8,13-14,22,24H,9-12H2,1-2H3,(H,28,29)/t22-/m0/s1. The molecule has 1 fully saturated rings. The van der Waals surface area contributed by atoms with Gasteiger partial charge in [-0.05, 0) is 50.2 Å². The molecule has 0 amide bonds. The summed E-state index contributed by atoms with van der Waals surface area (Å²) in [7, 11) is 0. The van der Waals surface area contributed by atoms with Crippen LogP contribution in [0.1, 0.15) is 34.5 Å². The quantitative estimate of drug-likeness (QED) is 0.650. The van der Waals surface area contributed by atoms with E-state index in [1.807, 2.05) is 60.5 Å². The van der Waals surface area contributed by atoms with Crippen molar-refractivity contribution < 1.29 is 14.7 Å². The lowest BCUT2D eigenvalue weighted by Gasteiger charge is -2.38. The minimum absolute atomic E-state index is 0.0552. The van der Waals surface area contributed by atoms with Gasteiger partial charge in [0.25, 0.3) is 0 Å². The number of carbonyl (C=O) groups excluding carboxylic acids is 1. The molecule has 2 heterocycles. The first-order valence-corrected chi connectivity index (χ1v) is 9.84. The number of aromatic amines is 1. The highest BCUT2D eigenvalue weighted by Crippen LogP contribution is 2.31. The third-order valence-electron chi connectivity index (χ3n) is 5.72. The third kappa shape index (κ3) is 3.76. The first kappa shape index (κ1) is 19.2. The Balaban J connectivity index is 1.53. The molecule has 1 aliphatic rings. The summed E-state index contributed by atoms with van der Waals surface area (Å²) in [4.78, 5) is 31.1. The van der Waals surface area contributed by atoms with E-state index in [1.54, 1.807) is 6.92 Å². The van der Waals surface area contributed by atoms with Crippen molar-refractivity contribution in [2.45, 2.75) is 19.9 Å². The van der Waals surface area contributed by atoms with Crippen LogP contribution in [0.4, 0.5) is 5.69 Å². The van der Waals surface area contributed by atoms with Crippen molar-refractivity contribution in [3.63, 3.8) is 0 Å². The monoisotopic (exact) mass is 391 g/mol. The molecule has 4 rings (SSSR count). The molecule has 2 aromatic carbocycles. The Morgan fingerprint density at radius 2 is 1.72 bits per heavy atom. The van der Waals surface area contributed by atoms with E-state index in [-0.39, 0.29) is 5.78 Å². The number of carboxylic acid groups (broad SMARTS) is 1. The lowest BCUT2D eigenvalue weighted by atomic mass is 10.0. The van der Waals surface area contributed by atoms with Gasteiger partial charge in [-0.1, -0.05) is 11.6 Å². The smallest absolute Gasteiger partial charge is 0.325 e. The number of aromatic nitrogens is 1. The van der Waals surface area contributed by atoms with E-state index in [4.69, 9.17) is 0 Å². The maximum atomic E-state index is 12.2. The van der Waals surface area contributed by atoms with Crippen LogP contribution in [-0.4, -0.2) is 52.9 Å². The minimum atomic E-state index is -0.827. The molecule has 1 aliphatic heterocycles.